The van der Waals surface area contributed by atoms with Gasteiger partial charge in [0, 0.05) is 19.6 Å². The second kappa shape index (κ2) is 6.59. The van der Waals surface area contributed by atoms with Crippen LogP contribution in [0.2, 0.25) is 0 Å². The summed E-state index contributed by atoms with van der Waals surface area (Å²) in [5, 5.41) is 3.17. The Kier molecular flexibility index (Phi) is 5.37. The molecule has 0 spiro atoms. The predicted octanol–water partition coefficient (Wildman–Crippen LogP) is 1.90. The first-order valence-electron chi connectivity index (χ1n) is 5.67. The van der Waals surface area contributed by atoms with Crippen LogP contribution in [0.1, 0.15) is 18.1 Å². The van der Waals surface area contributed by atoms with E-state index in [1.54, 1.807) is 0 Å². The minimum Gasteiger partial charge on any atom is -0.318 e. The molecule has 0 aromatic heterocycles. The molecule has 0 heterocycles. The molecule has 15 heavy (non-hydrogen) atoms. The molecule has 2 heteroatoms. The second-order valence-electron chi connectivity index (χ2n) is 4.01. The molecule has 0 aliphatic heterocycles. The van der Waals surface area contributed by atoms with Gasteiger partial charge in [-0.05, 0) is 31.6 Å². The van der Waals surface area contributed by atoms with Crippen molar-refractivity contribution in [3.63, 3.8) is 0 Å². The summed E-state index contributed by atoms with van der Waals surface area (Å²) in [4.78, 5) is 2.34. The van der Waals surface area contributed by atoms with Gasteiger partial charge < -0.3 is 10.2 Å². The van der Waals surface area contributed by atoms with E-state index in [9.17, 15) is 0 Å². The van der Waals surface area contributed by atoms with Crippen molar-refractivity contribution in [1.29, 1.82) is 0 Å². The van der Waals surface area contributed by atoms with Gasteiger partial charge in [-0.2, -0.15) is 0 Å². The topological polar surface area (TPSA) is 15.3 Å². The van der Waals surface area contributed by atoms with Crippen LogP contribution in [-0.2, 0) is 13.0 Å². The van der Waals surface area contributed by atoms with E-state index in [1.807, 2.05) is 7.05 Å². The van der Waals surface area contributed by atoms with Gasteiger partial charge in [0.25, 0.3) is 0 Å². The van der Waals surface area contributed by atoms with Gasteiger partial charge in [0.1, 0.15) is 0 Å². The molecule has 0 amide bonds. The molecule has 1 aromatic rings. The molecule has 0 fully saturated rings. The summed E-state index contributed by atoms with van der Waals surface area (Å²) < 4.78 is 0. The van der Waals surface area contributed by atoms with E-state index in [0.29, 0.717) is 0 Å². The third-order valence-corrected chi connectivity index (χ3v) is 2.60. The molecule has 0 radical (unpaired) electrons. The first-order valence-corrected chi connectivity index (χ1v) is 5.67. The Morgan fingerprint density at radius 1 is 1.27 bits per heavy atom. The molecule has 0 saturated carbocycles. The van der Waals surface area contributed by atoms with Crippen LogP contribution in [0.3, 0.4) is 0 Å². The first kappa shape index (κ1) is 12.2. The monoisotopic (exact) mass is 206 g/mol. The van der Waals surface area contributed by atoms with Crippen LogP contribution < -0.4 is 5.32 Å². The van der Waals surface area contributed by atoms with Crippen LogP contribution in [0.25, 0.3) is 0 Å². The lowest BCUT2D eigenvalue weighted by Gasteiger charge is -2.16. The van der Waals surface area contributed by atoms with Crippen LogP contribution in [0, 0.1) is 0 Å². The maximum absolute atomic E-state index is 3.17. The number of hydrogen-bond donors (Lipinski definition) is 1. The van der Waals surface area contributed by atoms with Gasteiger partial charge in [0.15, 0.2) is 0 Å². The Balaban J connectivity index is 2.48. The zero-order chi connectivity index (χ0) is 11.1. The zero-order valence-corrected chi connectivity index (χ0v) is 10.1. The summed E-state index contributed by atoms with van der Waals surface area (Å²) in [5.74, 6) is 0. The van der Waals surface area contributed by atoms with Crippen LogP contribution in [0.5, 0.6) is 0 Å². The third-order valence-electron chi connectivity index (χ3n) is 2.60. The smallest absolute Gasteiger partial charge is 0.0231 e. The maximum Gasteiger partial charge on any atom is 0.0231 e. The number of nitrogens with one attached hydrogen (secondary N) is 1. The van der Waals surface area contributed by atoms with E-state index in [-0.39, 0.29) is 0 Å². The lowest BCUT2D eigenvalue weighted by atomic mass is 10.1. The minimum absolute atomic E-state index is 1.04. The normalized spacial score (nSPS) is 10.9. The van der Waals surface area contributed by atoms with Crippen molar-refractivity contribution in [2.24, 2.45) is 0 Å². The summed E-state index contributed by atoms with van der Waals surface area (Å²) in [6.45, 7) is 5.37. The average molecular weight is 206 g/mol. The Morgan fingerprint density at radius 3 is 2.67 bits per heavy atom. The SMILES string of the molecule is CCc1cccc(CN(C)CCNC)c1. The standard InChI is InChI=1S/C13H22N2/c1-4-12-6-5-7-13(10-12)11-15(3)9-8-14-2/h5-7,10,14H,4,8-9,11H2,1-3H3. The Hall–Kier alpha value is -0.860. The Bertz CT molecular complexity index is 284. The van der Waals surface area contributed by atoms with Gasteiger partial charge in [-0.3, -0.25) is 0 Å². The summed E-state index contributed by atoms with van der Waals surface area (Å²) >= 11 is 0. The average Bonchev–Trinajstić information content (AvgIpc) is 2.26. The predicted molar refractivity (Wildman–Crippen MR) is 66.1 cm³/mol. The Labute approximate surface area is 93.3 Å². The van der Waals surface area contributed by atoms with E-state index in [1.165, 1.54) is 11.1 Å². The number of aryl methyl sites for hydroxylation is 1. The minimum atomic E-state index is 1.04. The number of nitrogens with zero attached hydrogens (tertiary/aromatic N) is 1. The van der Waals surface area contributed by atoms with Gasteiger partial charge in [-0.25, -0.2) is 0 Å². The van der Waals surface area contributed by atoms with Gasteiger partial charge in [0.05, 0.1) is 0 Å². The number of benzene rings is 1. The highest BCUT2D eigenvalue weighted by molar-refractivity contribution is 5.23. The van der Waals surface area contributed by atoms with E-state index in [0.717, 1.165) is 26.1 Å². The fourth-order valence-corrected chi connectivity index (χ4v) is 1.64. The van der Waals surface area contributed by atoms with Crippen LogP contribution in [-0.4, -0.2) is 32.1 Å². The summed E-state index contributed by atoms with van der Waals surface area (Å²) in [7, 11) is 4.15. The lowest BCUT2D eigenvalue weighted by Crippen LogP contribution is -2.26. The first-order chi connectivity index (χ1) is 7.26. The highest BCUT2D eigenvalue weighted by atomic mass is 15.1. The zero-order valence-electron chi connectivity index (χ0n) is 10.1. The molecule has 1 rings (SSSR count). The maximum atomic E-state index is 3.17. The Morgan fingerprint density at radius 2 is 2.00 bits per heavy atom. The van der Waals surface area contributed by atoms with Gasteiger partial charge >= 0.3 is 0 Å². The van der Waals surface area contributed by atoms with E-state index < -0.39 is 0 Å². The number of rotatable bonds is 6. The molecule has 1 N–H and O–H groups in total. The molecule has 0 aliphatic rings. The summed E-state index contributed by atoms with van der Waals surface area (Å²) in [6.07, 6.45) is 1.12. The van der Waals surface area contributed by atoms with Crippen molar-refractivity contribution in [1.82, 2.24) is 10.2 Å². The summed E-state index contributed by atoms with van der Waals surface area (Å²) in [5.41, 5.74) is 2.84. The fraction of sp³-hybridized carbons (Fsp3) is 0.538. The molecular weight excluding hydrogens is 184 g/mol. The summed E-state index contributed by atoms with van der Waals surface area (Å²) in [6, 6.07) is 8.85. The van der Waals surface area contributed by atoms with E-state index >= 15 is 0 Å². The lowest BCUT2D eigenvalue weighted by molar-refractivity contribution is 0.328. The van der Waals surface area contributed by atoms with Crippen molar-refractivity contribution in [3.8, 4) is 0 Å². The number of likely N-dealkylation sites (N-methyl/N-ethyl adjacent to an activating group) is 2. The van der Waals surface area contributed by atoms with Crippen molar-refractivity contribution in [2.75, 3.05) is 27.2 Å². The fourth-order valence-electron chi connectivity index (χ4n) is 1.64. The van der Waals surface area contributed by atoms with E-state index in [2.05, 4.69) is 48.5 Å². The van der Waals surface area contributed by atoms with Crippen molar-refractivity contribution >= 4 is 0 Å². The van der Waals surface area contributed by atoms with Crippen molar-refractivity contribution in [2.45, 2.75) is 19.9 Å². The molecular formula is C13H22N2. The highest BCUT2D eigenvalue weighted by Crippen LogP contribution is 2.07. The van der Waals surface area contributed by atoms with Gasteiger partial charge in [-0.1, -0.05) is 31.2 Å². The molecule has 2 nitrogen and oxygen atoms in total. The molecule has 0 unspecified atom stereocenters. The third kappa shape index (κ3) is 4.45. The molecule has 0 atom stereocenters. The molecule has 84 valence electrons. The number of hydrogen-bond acceptors (Lipinski definition) is 2. The van der Waals surface area contributed by atoms with Gasteiger partial charge in [0.2, 0.25) is 0 Å². The highest BCUT2D eigenvalue weighted by Gasteiger charge is 1.99. The molecule has 0 aliphatic carbocycles. The van der Waals surface area contributed by atoms with Crippen molar-refractivity contribution in [3.05, 3.63) is 35.4 Å². The quantitative estimate of drug-likeness (QED) is 0.765. The van der Waals surface area contributed by atoms with Gasteiger partial charge in [-0.15, -0.1) is 0 Å². The van der Waals surface area contributed by atoms with Crippen molar-refractivity contribution < 1.29 is 0 Å². The van der Waals surface area contributed by atoms with Crippen LogP contribution in [0.4, 0.5) is 0 Å². The van der Waals surface area contributed by atoms with Crippen LogP contribution in [0.15, 0.2) is 24.3 Å². The molecule has 1 aromatic carbocycles. The van der Waals surface area contributed by atoms with Crippen LogP contribution >= 0.6 is 0 Å². The second-order valence-corrected chi connectivity index (χ2v) is 4.01. The molecule has 0 saturated heterocycles. The largest absolute Gasteiger partial charge is 0.318 e. The van der Waals surface area contributed by atoms with E-state index in [4.69, 9.17) is 0 Å². The molecule has 0 bridgehead atoms.